The van der Waals surface area contributed by atoms with Crippen LogP contribution in [0.25, 0.3) is 66.4 Å². The van der Waals surface area contributed by atoms with Crippen molar-refractivity contribution < 1.29 is 0 Å². The van der Waals surface area contributed by atoms with Gasteiger partial charge in [0.2, 0.25) is 0 Å². The lowest BCUT2D eigenvalue weighted by Gasteiger charge is -2.50. The van der Waals surface area contributed by atoms with Gasteiger partial charge in [-0.3, -0.25) is 0 Å². The summed E-state index contributed by atoms with van der Waals surface area (Å²) < 4.78 is 0. The van der Waals surface area contributed by atoms with E-state index in [1.807, 2.05) is 0 Å². The van der Waals surface area contributed by atoms with Crippen LogP contribution in [0.2, 0.25) is 0 Å². The molecule has 14 rings (SSSR count). The van der Waals surface area contributed by atoms with Crippen molar-refractivity contribution in [2.45, 2.75) is 57.8 Å². The second-order valence-corrected chi connectivity index (χ2v) is 22.6. The van der Waals surface area contributed by atoms with Gasteiger partial charge in [-0.25, -0.2) is 0 Å². The van der Waals surface area contributed by atoms with Gasteiger partial charge in [-0.15, -0.1) is 0 Å². The van der Waals surface area contributed by atoms with Crippen molar-refractivity contribution >= 4 is 44.9 Å². The number of benzene rings is 11. The molecule has 360 valence electrons. The van der Waals surface area contributed by atoms with Crippen molar-refractivity contribution in [3.05, 3.63) is 276 Å². The second-order valence-electron chi connectivity index (χ2n) is 22.6. The smallest absolute Gasteiger partial charge is 0.0544 e. The minimum absolute atomic E-state index is 0.264. The Morgan fingerprint density at radius 1 is 0.267 bits per heavy atom. The number of hydrogen-bond acceptors (Lipinski definition) is 2. The molecule has 75 heavy (non-hydrogen) atoms. The number of rotatable bonds is 7. The minimum atomic E-state index is -0.296. The summed E-state index contributed by atoms with van der Waals surface area (Å²) in [5.41, 5.74) is 27.0. The van der Waals surface area contributed by atoms with Crippen LogP contribution in [-0.4, -0.2) is 0 Å². The summed E-state index contributed by atoms with van der Waals surface area (Å²) in [5.74, 6) is 0. The van der Waals surface area contributed by atoms with Crippen LogP contribution in [0, 0.1) is 0 Å². The normalized spacial score (nSPS) is 14.8. The molecule has 11 aromatic rings. The van der Waals surface area contributed by atoms with E-state index in [0.717, 1.165) is 17.1 Å². The fourth-order valence-electron chi connectivity index (χ4n) is 13.0. The van der Waals surface area contributed by atoms with Crippen molar-refractivity contribution in [3.63, 3.8) is 0 Å². The van der Waals surface area contributed by atoms with Crippen LogP contribution in [0.3, 0.4) is 0 Å². The first-order valence-electron chi connectivity index (χ1n) is 26.6. The Morgan fingerprint density at radius 2 is 0.640 bits per heavy atom. The Morgan fingerprint density at radius 3 is 1.21 bits per heavy atom. The lowest BCUT2D eigenvalue weighted by atomic mass is 9.65. The molecule has 11 aromatic carbocycles. The molecule has 0 aromatic heterocycles. The van der Waals surface area contributed by atoms with Crippen LogP contribution in [0.5, 0.6) is 0 Å². The average Bonchev–Trinajstić information content (AvgIpc) is 3.67. The molecule has 2 aliphatic heterocycles. The van der Waals surface area contributed by atoms with Crippen LogP contribution < -0.4 is 9.80 Å². The highest BCUT2D eigenvalue weighted by Gasteiger charge is 2.46. The Hall–Kier alpha value is -8.72. The molecule has 0 radical (unpaired) electrons. The summed E-state index contributed by atoms with van der Waals surface area (Å²) in [5, 5.41) is 2.46. The predicted molar refractivity (Wildman–Crippen MR) is 317 cm³/mol. The molecule has 0 atom stereocenters. The van der Waals surface area contributed by atoms with Gasteiger partial charge in [0, 0.05) is 33.3 Å². The van der Waals surface area contributed by atoms with E-state index in [-0.39, 0.29) is 16.2 Å². The molecule has 0 N–H and O–H groups in total. The summed E-state index contributed by atoms with van der Waals surface area (Å²) in [7, 11) is 0. The first kappa shape index (κ1) is 44.9. The molecule has 0 saturated heterocycles. The summed E-state index contributed by atoms with van der Waals surface area (Å²) in [6, 6.07) is 90.7. The number of anilines is 6. The number of nitrogens with zero attached hydrogens (tertiary/aromatic N) is 2. The molecule has 2 heterocycles. The molecule has 0 saturated carbocycles. The maximum absolute atomic E-state index is 2.60. The van der Waals surface area contributed by atoms with Crippen molar-refractivity contribution in [2.24, 2.45) is 0 Å². The van der Waals surface area contributed by atoms with Gasteiger partial charge in [-0.05, 0) is 179 Å². The summed E-state index contributed by atoms with van der Waals surface area (Å²) in [4.78, 5) is 5.03. The molecule has 1 aliphatic carbocycles. The molecule has 0 unspecified atom stereocenters. The maximum atomic E-state index is 2.60. The monoisotopic (exact) mass is 962 g/mol. The summed E-state index contributed by atoms with van der Waals surface area (Å²) in [6.07, 6.45) is 0. The molecule has 0 amide bonds. The fraction of sp³-hybridized carbons (Fsp3) is 0.123. The third-order valence-electron chi connectivity index (χ3n) is 17.2. The molecule has 0 spiro atoms. The molecule has 2 nitrogen and oxygen atoms in total. The summed E-state index contributed by atoms with van der Waals surface area (Å²) >= 11 is 0. The SMILES string of the molecule is CC1(C)c2cc(-c3cc4c5c(c3)C(C)(C)c3cc(-c6ccccc6)ccc3N5c3ccc(-c5ccccc5)cc3C4(C)C)ccc2-c2ccc(N(c3ccc(-c4ccccc4)cc3)c3ccc4ccccc4c3)cc21. The Bertz CT molecular complexity index is 3950. The maximum Gasteiger partial charge on any atom is 0.0544 e. The highest BCUT2D eigenvalue weighted by atomic mass is 15.2. The third kappa shape index (κ3) is 7.00. The highest BCUT2D eigenvalue weighted by Crippen LogP contribution is 2.62. The van der Waals surface area contributed by atoms with Crippen LogP contribution >= 0.6 is 0 Å². The molecule has 0 bridgehead atoms. The van der Waals surface area contributed by atoms with E-state index in [9.17, 15) is 0 Å². The fourth-order valence-corrected chi connectivity index (χ4v) is 13.0. The molecule has 2 heteroatoms. The zero-order valence-electron chi connectivity index (χ0n) is 43.5. The van der Waals surface area contributed by atoms with E-state index in [2.05, 4.69) is 294 Å². The molecular formula is C73H58N2. The van der Waals surface area contributed by atoms with E-state index in [0.29, 0.717) is 0 Å². The standard InChI is InChI=1S/C73H58N2/c1-71(2)62-41-55(29-36-60(62)61-37-35-59(46-63(61)71)74(58-34-28-50-24-16-17-25-52(50)40-58)57-32-26-51(27-33-57)47-18-10-7-11-19-47)56-44-66-70-67(45-56)73(5,6)65-43-54(49-22-14-9-15-23-49)31-39-69(65)75(70)68-38-30-53(42-64(68)72(66,3)4)48-20-12-8-13-21-48/h7-46H,1-6H3. The zero-order valence-corrected chi connectivity index (χ0v) is 43.5. The van der Waals surface area contributed by atoms with Gasteiger partial charge in [-0.1, -0.05) is 205 Å². The topological polar surface area (TPSA) is 6.48 Å². The number of hydrogen-bond donors (Lipinski definition) is 0. The van der Waals surface area contributed by atoms with Crippen molar-refractivity contribution in [2.75, 3.05) is 9.80 Å². The molecule has 3 aliphatic rings. The Labute approximate surface area is 441 Å². The van der Waals surface area contributed by atoms with Gasteiger partial charge in [-0.2, -0.15) is 0 Å². The highest BCUT2D eigenvalue weighted by molar-refractivity contribution is 5.97. The molecule has 0 fully saturated rings. The average molecular weight is 963 g/mol. The Kier molecular flexibility index (Phi) is 9.98. The van der Waals surface area contributed by atoms with Gasteiger partial charge in [0.15, 0.2) is 0 Å². The van der Waals surface area contributed by atoms with Crippen LogP contribution in [-0.2, 0) is 16.2 Å². The van der Waals surface area contributed by atoms with Crippen LogP contribution in [0.4, 0.5) is 34.1 Å². The Balaban J connectivity index is 0.900. The van der Waals surface area contributed by atoms with Gasteiger partial charge in [0.25, 0.3) is 0 Å². The quantitative estimate of drug-likeness (QED) is 0.157. The largest absolute Gasteiger partial charge is 0.310 e. The van der Waals surface area contributed by atoms with Gasteiger partial charge in [0.1, 0.15) is 0 Å². The van der Waals surface area contributed by atoms with E-state index in [4.69, 9.17) is 0 Å². The molecular weight excluding hydrogens is 905 g/mol. The number of fused-ring (bicyclic) bond motifs is 8. The van der Waals surface area contributed by atoms with Crippen LogP contribution in [0.1, 0.15) is 74.9 Å². The van der Waals surface area contributed by atoms with E-state index < -0.39 is 0 Å². The second kappa shape index (κ2) is 16.6. The predicted octanol–water partition coefficient (Wildman–Crippen LogP) is 20.0. The summed E-state index contributed by atoms with van der Waals surface area (Å²) in [6.45, 7) is 14.6. The van der Waals surface area contributed by atoms with E-state index >= 15 is 0 Å². The van der Waals surface area contributed by atoms with Gasteiger partial charge < -0.3 is 9.80 Å². The van der Waals surface area contributed by atoms with Crippen molar-refractivity contribution in [1.29, 1.82) is 0 Å². The van der Waals surface area contributed by atoms with Crippen molar-refractivity contribution in [1.82, 2.24) is 0 Å². The van der Waals surface area contributed by atoms with Gasteiger partial charge in [0.05, 0.1) is 17.1 Å². The first-order chi connectivity index (χ1) is 36.4. The lowest BCUT2D eigenvalue weighted by Crippen LogP contribution is -2.38. The lowest BCUT2D eigenvalue weighted by molar-refractivity contribution is 0.598. The van der Waals surface area contributed by atoms with Crippen molar-refractivity contribution in [3.8, 4) is 55.6 Å². The van der Waals surface area contributed by atoms with E-state index in [1.165, 1.54) is 117 Å². The van der Waals surface area contributed by atoms with Crippen LogP contribution in [0.15, 0.2) is 243 Å². The zero-order chi connectivity index (χ0) is 50.8. The minimum Gasteiger partial charge on any atom is -0.310 e. The van der Waals surface area contributed by atoms with E-state index in [1.54, 1.807) is 0 Å². The first-order valence-corrected chi connectivity index (χ1v) is 26.6. The van der Waals surface area contributed by atoms with Gasteiger partial charge >= 0.3 is 0 Å². The third-order valence-corrected chi connectivity index (χ3v) is 17.2.